The van der Waals surface area contributed by atoms with Crippen molar-refractivity contribution in [1.29, 1.82) is 0 Å². The van der Waals surface area contributed by atoms with E-state index in [1.54, 1.807) is 19.5 Å². The van der Waals surface area contributed by atoms with Crippen LogP contribution < -0.4 is 10.6 Å². The normalized spacial score (nSPS) is 17.9. The van der Waals surface area contributed by atoms with Crippen molar-refractivity contribution in [2.75, 3.05) is 26.8 Å². The third kappa shape index (κ3) is 3.52. The summed E-state index contributed by atoms with van der Waals surface area (Å²) < 4.78 is 5.26. The minimum Gasteiger partial charge on any atom is -0.384 e. The highest BCUT2D eigenvalue weighted by atomic mass is 16.5. The Hall–Kier alpha value is -1.46. The lowest BCUT2D eigenvalue weighted by Crippen LogP contribution is -2.49. The highest BCUT2D eigenvalue weighted by Gasteiger charge is 2.39. The number of piperidine rings is 1. The van der Waals surface area contributed by atoms with Crippen molar-refractivity contribution in [1.82, 2.24) is 15.6 Å². The lowest BCUT2D eigenvalue weighted by Gasteiger charge is -2.35. The van der Waals surface area contributed by atoms with Crippen LogP contribution in [0.2, 0.25) is 0 Å². The summed E-state index contributed by atoms with van der Waals surface area (Å²) in [5.41, 5.74) is 0.625. The molecular weight excluding hydrogens is 242 g/mol. The first kappa shape index (κ1) is 14.0. The molecule has 2 rings (SSSR count). The molecule has 1 aliphatic heterocycles. The lowest BCUT2D eigenvalue weighted by molar-refractivity contribution is -0.136. The number of carbonyl (C=O) groups excluding carboxylic acids is 1. The molecule has 0 saturated carbocycles. The molecule has 0 atom stereocenters. The van der Waals surface area contributed by atoms with E-state index in [0.717, 1.165) is 31.5 Å². The Bertz CT molecular complexity index is 397. The van der Waals surface area contributed by atoms with E-state index in [-0.39, 0.29) is 11.3 Å². The Morgan fingerprint density at radius 1 is 1.53 bits per heavy atom. The molecule has 104 valence electrons. The van der Waals surface area contributed by atoms with E-state index in [1.165, 1.54) is 0 Å². The van der Waals surface area contributed by atoms with Crippen LogP contribution in [0.25, 0.3) is 0 Å². The molecule has 1 saturated heterocycles. The van der Waals surface area contributed by atoms with Gasteiger partial charge in [0.2, 0.25) is 5.91 Å². The van der Waals surface area contributed by atoms with Gasteiger partial charge in [0.05, 0.1) is 12.0 Å². The van der Waals surface area contributed by atoms with Crippen LogP contribution in [0.3, 0.4) is 0 Å². The maximum absolute atomic E-state index is 12.4. The molecular formula is C14H21N3O2. The van der Waals surface area contributed by atoms with Crippen molar-refractivity contribution in [3.63, 3.8) is 0 Å². The molecule has 1 aromatic rings. The van der Waals surface area contributed by atoms with Crippen LogP contribution in [0.1, 0.15) is 18.4 Å². The van der Waals surface area contributed by atoms with Gasteiger partial charge in [-0.2, -0.15) is 0 Å². The predicted molar refractivity (Wildman–Crippen MR) is 72.5 cm³/mol. The van der Waals surface area contributed by atoms with Crippen molar-refractivity contribution in [2.45, 2.75) is 19.4 Å². The summed E-state index contributed by atoms with van der Waals surface area (Å²) in [6.45, 7) is 2.73. The Kier molecular flexibility index (Phi) is 4.87. The molecule has 19 heavy (non-hydrogen) atoms. The Labute approximate surface area is 113 Å². The van der Waals surface area contributed by atoms with Crippen LogP contribution in [0.15, 0.2) is 24.5 Å². The average Bonchev–Trinajstić information content (AvgIpc) is 2.47. The van der Waals surface area contributed by atoms with Crippen molar-refractivity contribution >= 4 is 5.91 Å². The van der Waals surface area contributed by atoms with E-state index in [0.29, 0.717) is 13.2 Å². The molecule has 1 aliphatic rings. The van der Waals surface area contributed by atoms with Gasteiger partial charge in [0.1, 0.15) is 0 Å². The molecule has 1 fully saturated rings. The van der Waals surface area contributed by atoms with E-state index >= 15 is 0 Å². The fraction of sp³-hybridized carbons (Fsp3) is 0.571. The van der Waals surface area contributed by atoms with Crippen LogP contribution in [0.4, 0.5) is 0 Å². The van der Waals surface area contributed by atoms with Crippen molar-refractivity contribution in [3.05, 3.63) is 30.1 Å². The van der Waals surface area contributed by atoms with Gasteiger partial charge in [-0.05, 0) is 37.6 Å². The van der Waals surface area contributed by atoms with Crippen molar-refractivity contribution in [3.8, 4) is 0 Å². The summed E-state index contributed by atoms with van der Waals surface area (Å²) in [6.07, 6.45) is 5.13. The lowest BCUT2D eigenvalue weighted by atomic mass is 9.78. The summed E-state index contributed by atoms with van der Waals surface area (Å²) in [5, 5.41) is 6.29. The zero-order chi connectivity index (χ0) is 13.6. The first-order valence-electron chi connectivity index (χ1n) is 6.64. The molecule has 5 nitrogen and oxygen atoms in total. The van der Waals surface area contributed by atoms with Crippen LogP contribution in [0, 0.1) is 5.41 Å². The number of amides is 1. The zero-order valence-electron chi connectivity index (χ0n) is 11.3. The zero-order valence-corrected chi connectivity index (χ0v) is 11.3. The number of methoxy groups -OCH3 is 1. The number of ether oxygens (including phenoxy) is 1. The van der Waals surface area contributed by atoms with Gasteiger partial charge in [-0.1, -0.05) is 6.07 Å². The number of aromatic nitrogens is 1. The van der Waals surface area contributed by atoms with Gasteiger partial charge < -0.3 is 15.4 Å². The SMILES string of the molecule is COCC1(C(=O)NCc2cccnc2)CCNCC1. The van der Waals surface area contributed by atoms with Gasteiger partial charge in [-0.3, -0.25) is 9.78 Å². The van der Waals surface area contributed by atoms with Gasteiger partial charge in [0.15, 0.2) is 0 Å². The van der Waals surface area contributed by atoms with Crippen LogP contribution in [-0.2, 0) is 16.1 Å². The van der Waals surface area contributed by atoms with Gasteiger partial charge in [0.25, 0.3) is 0 Å². The standard InChI is InChI=1S/C14H21N3O2/c1-19-11-14(4-7-15-8-5-14)13(18)17-10-12-3-2-6-16-9-12/h2-3,6,9,15H,4-5,7-8,10-11H2,1H3,(H,17,18). The van der Waals surface area contributed by atoms with Crippen LogP contribution in [0.5, 0.6) is 0 Å². The van der Waals surface area contributed by atoms with E-state index in [9.17, 15) is 4.79 Å². The van der Waals surface area contributed by atoms with Gasteiger partial charge in [0, 0.05) is 26.0 Å². The second kappa shape index (κ2) is 6.63. The molecule has 0 bridgehead atoms. The Balaban J connectivity index is 1.96. The van der Waals surface area contributed by atoms with E-state index < -0.39 is 0 Å². The third-order valence-corrected chi connectivity index (χ3v) is 3.64. The summed E-state index contributed by atoms with van der Waals surface area (Å²) in [5.74, 6) is 0.0831. The summed E-state index contributed by atoms with van der Waals surface area (Å²) >= 11 is 0. The monoisotopic (exact) mass is 263 g/mol. The van der Waals surface area contributed by atoms with E-state index in [2.05, 4.69) is 15.6 Å². The number of hydrogen-bond acceptors (Lipinski definition) is 4. The van der Waals surface area contributed by atoms with E-state index in [4.69, 9.17) is 4.74 Å². The highest BCUT2D eigenvalue weighted by molar-refractivity contribution is 5.83. The maximum Gasteiger partial charge on any atom is 0.228 e. The van der Waals surface area contributed by atoms with Gasteiger partial charge in [-0.25, -0.2) is 0 Å². The highest BCUT2D eigenvalue weighted by Crippen LogP contribution is 2.29. The Morgan fingerprint density at radius 3 is 2.95 bits per heavy atom. The Morgan fingerprint density at radius 2 is 2.32 bits per heavy atom. The topological polar surface area (TPSA) is 63.2 Å². The number of pyridine rings is 1. The second-order valence-corrected chi connectivity index (χ2v) is 5.01. The molecule has 0 aromatic carbocycles. The van der Waals surface area contributed by atoms with Crippen molar-refractivity contribution in [2.24, 2.45) is 5.41 Å². The van der Waals surface area contributed by atoms with Crippen LogP contribution in [-0.4, -0.2) is 37.7 Å². The molecule has 0 radical (unpaired) electrons. The van der Waals surface area contributed by atoms with Gasteiger partial charge in [-0.15, -0.1) is 0 Å². The second-order valence-electron chi connectivity index (χ2n) is 5.01. The maximum atomic E-state index is 12.4. The summed E-state index contributed by atoms with van der Waals surface area (Å²) in [6, 6.07) is 3.83. The number of nitrogens with one attached hydrogen (secondary N) is 2. The number of rotatable bonds is 5. The summed E-state index contributed by atoms with van der Waals surface area (Å²) in [4.78, 5) is 16.5. The number of hydrogen-bond donors (Lipinski definition) is 2. The number of carbonyl (C=O) groups is 1. The largest absolute Gasteiger partial charge is 0.384 e. The predicted octanol–water partition coefficient (Wildman–Crippen LogP) is 0.714. The first-order valence-corrected chi connectivity index (χ1v) is 6.64. The van der Waals surface area contributed by atoms with Crippen molar-refractivity contribution < 1.29 is 9.53 Å². The molecule has 2 N–H and O–H groups in total. The fourth-order valence-electron chi connectivity index (χ4n) is 2.49. The van der Waals surface area contributed by atoms with E-state index in [1.807, 2.05) is 12.1 Å². The number of nitrogens with zero attached hydrogens (tertiary/aromatic N) is 1. The van der Waals surface area contributed by atoms with Gasteiger partial charge >= 0.3 is 0 Å². The molecule has 2 heterocycles. The first-order chi connectivity index (χ1) is 9.27. The molecule has 0 unspecified atom stereocenters. The average molecular weight is 263 g/mol. The molecule has 1 amide bonds. The quantitative estimate of drug-likeness (QED) is 0.821. The summed E-state index contributed by atoms with van der Waals surface area (Å²) in [7, 11) is 1.65. The fourth-order valence-corrected chi connectivity index (χ4v) is 2.49. The van der Waals surface area contributed by atoms with Crippen LogP contribution >= 0.6 is 0 Å². The molecule has 5 heteroatoms. The minimum absolute atomic E-state index is 0.0831. The third-order valence-electron chi connectivity index (χ3n) is 3.64. The molecule has 1 aromatic heterocycles. The minimum atomic E-state index is -0.387. The molecule has 0 spiro atoms. The smallest absolute Gasteiger partial charge is 0.228 e. The molecule has 0 aliphatic carbocycles.